The molecule has 0 aliphatic carbocycles. The number of anilines is 1. The highest BCUT2D eigenvalue weighted by atomic mass is 32.2. The molecule has 8 heteroatoms. The van der Waals surface area contributed by atoms with E-state index < -0.39 is 0 Å². The number of hydrogen-bond acceptors (Lipinski definition) is 6. The molecule has 1 aromatic carbocycles. The third-order valence-corrected chi connectivity index (χ3v) is 4.45. The van der Waals surface area contributed by atoms with Gasteiger partial charge in [0.25, 0.3) is 0 Å². The van der Waals surface area contributed by atoms with Gasteiger partial charge in [0.2, 0.25) is 16.9 Å². The monoisotopic (exact) mass is 383 g/mol. The van der Waals surface area contributed by atoms with Crippen LogP contribution in [0, 0.1) is 13.8 Å². The first kappa shape index (κ1) is 18.9. The Morgan fingerprint density at radius 2 is 2.00 bits per heavy atom. The van der Waals surface area contributed by atoms with Crippen molar-refractivity contribution in [3.05, 3.63) is 47.7 Å². The fraction of sp³-hybridized carbons (Fsp3) is 0.263. The number of thioether (sulfide) groups is 1. The van der Waals surface area contributed by atoms with Crippen LogP contribution in [0.5, 0.6) is 5.88 Å². The third-order valence-electron chi connectivity index (χ3n) is 3.60. The first-order chi connectivity index (χ1) is 13.0. The number of benzene rings is 1. The number of amides is 1. The molecule has 0 spiro atoms. The zero-order valence-electron chi connectivity index (χ0n) is 15.4. The molecule has 0 aliphatic rings. The maximum Gasteiger partial charge on any atom is 0.234 e. The Bertz CT molecular complexity index is 904. The Labute approximate surface area is 162 Å². The number of aromatic amines is 1. The van der Waals surface area contributed by atoms with Gasteiger partial charge in [-0.2, -0.15) is 0 Å². The number of nitrogens with one attached hydrogen (secondary N) is 2. The summed E-state index contributed by atoms with van der Waals surface area (Å²) in [7, 11) is 0. The molecule has 0 aliphatic heterocycles. The highest BCUT2D eigenvalue weighted by Crippen LogP contribution is 2.21. The van der Waals surface area contributed by atoms with Crippen molar-refractivity contribution in [2.45, 2.75) is 25.9 Å². The van der Waals surface area contributed by atoms with Crippen LogP contribution in [0.2, 0.25) is 0 Å². The molecule has 0 atom stereocenters. The van der Waals surface area contributed by atoms with Gasteiger partial charge in [0.1, 0.15) is 0 Å². The van der Waals surface area contributed by atoms with E-state index >= 15 is 0 Å². The van der Waals surface area contributed by atoms with E-state index in [1.54, 1.807) is 12.3 Å². The van der Waals surface area contributed by atoms with Crippen molar-refractivity contribution in [3.63, 3.8) is 0 Å². The van der Waals surface area contributed by atoms with Crippen molar-refractivity contribution < 1.29 is 9.53 Å². The topological polar surface area (TPSA) is 92.8 Å². The van der Waals surface area contributed by atoms with Crippen molar-refractivity contribution in [3.8, 4) is 17.3 Å². The van der Waals surface area contributed by atoms with Gasteiger partial charge < -0.3 is 10.1 Å². The first-order valence-corrected chi connectivity index (χ1v) is 9.54. The standard InChI is InChI=1S/C19H21N5O2S/c1-4-26-17-6-5-14(10-20-17)18-22-19(24-23-18)27-11-16(25)21-15-8-12(2)7-13(3)9-15/h5-10H,4,11H2,1-3H3,(H,21,25)(H,22,23,24). The quantitative estimate of drug-likeness (QED) is 0.606. The van der Waals surface area contributed by atoms with Gasteiger partial charge in [0, 0.05) is 23.5 Å². The summed E-state index contributed by atoms with van der Waals surface area (Å²) in [4.78, 5) is 20.8. The maximum atomic E-state index is 12.2. The molecule has 7 nitrogen and oxygen atoms in total. The molecular formula is C19H21N5O2S. The zero-order valence-corrected chi connectivity index (χ0v) is 16.3. The third kappa shape index (κ3) is 5.30. The average molecular weight is 383 g/mol. The van der Waals surface area contributed by atoms with Gasteiger partial charge >= 0.3 is 0 Å². The van der Waals surface area contributed by atoms with Gasteiger partial charge in [-0.05, 0) is 50.1 Å². The lowest BCUT2D eigenvalue weighted by Gasteiger charge is -2.06. The van der Waals surface area contributed by atoms with E-state index in [2.05, 4.69) is 31.5 Å². The van der Waals surface area contributed by atoms with Crippen molar-refractivity contribution >= 4 is 23.4 Å². The summed E-state index contributed by atoms with van der Waals surface area (Å²) in [5.74, 6) is 1.30. The summed E-state index contributed by atoms with van der Waals surface area (Å²) in [5, 5.41) is 10.4. The fourth-order valence-electron chi connectivity index (χ4n) is 2.57. The Balaban J connectivity index is 1.56. The molecule has 0 unspecified atom stereocenters. The minimum Gasteiger partial charge on any atom is -0.478 e. The van der Waals surface area contributed by atoms with E-state index in [1.807, 2.05) is 39.0 Å². The number of carbonyl (C=O) groups is 1. The number of H-pyrrole nitrogens is 1. The number of pyridine rings is 1. The van der Waals surface area contributed by atoms with Crippen molar-refractivity contribution in [2.24, 2.45) is 0 Å². The smallest absolute Gasteiger partial charge is 0.234 e. The second kappa shape index (κ2) is 8.68. The molecule has 0 fully saturated rings. The second-order valence-corrected chi connectivity index (χ2v) is 6.94. The largest absolute Gasteiger partial charge is 0.478 e. The highest BCUT2D eigenvalue weighted by Gasteiger charge is 2.10. The molecule has 0 radical (unpaired) electrons. The summed E-state index contributed by atoms with van der Waals surface area (Å²) in [6, 6.07) is 9.60. The molecule has 1 amide bonds. The minimum absolute atomic E-state index is 0.0981. The molecule has 2 N–H and O–H groups in total. The lowest BCUT2D eigenvalue weighted by Crippen LogP contribution is -2.14. The number of nitrogens with zero attached hydrogens (tertiary/aromatic N) is 3. The van der Waals surface area contributed by atoms with Crippen LogP contribution in [0.25, 0.3) is 11.4 Å². The van der Waals surface area contributed by atoms with E-state index in [0.717, 1.165) is 22.4 Å². The van der Waals surface area contributed by atoms with Gasteiger partial charge in [-0.1, -0.05) is 17.8 Å². The molecule has 0 bridgehead atoms. The van der Waals surface area contributed by atoms with Crippen LogP contribution in [-0.2, 0) is 4.79 Å². The van der Waals surface area contributed by atoms with E-state index in [4.69, 9.17) is 4.74 Å². The number of rotatable bonds is 7. The number of aromatic nitrogens is 4. The van der Waals surface area contributed by atoms with E-state index in [0.29, 0.717) is 23.5 Å². The van der Waals surface area contributed by atoms with E-state index in [1.165, 1.54) is 11.8 Å². The number of aryl methyl sites for hydroxylation is 2. The number of hydrogen-bond donors (Lipinski definition) is 2. The van der Waals surface area contributed by atoms with E-state index in [9.17, 15) is 4.79 Å². The molecule has 3 aromatic rings. The lowest BCUT2D eigenvalue weighted by atomic mass is 10.1. The van der Waals surface area contributed by atoms with Crippen LogP contribution in [0.15, 0.2) is 41.7 Å². The molecule has 2 heterocycles. The maximum absolute atomic E-state index is 12.2. The summed E-state index contributed by atoms with van der Waals surface area (Å²) in [6.07, 6.45) is 1.67. The summed E-state index contributed by atoms with van der Waals surface area (Å²) in [6.45, 7) is 6.48. The predicted molar refractivity (Wildman–Crippen MR) is 106 cm³/mol. The van der Waals surface area contributed by atoms with Gasteiger partial charge in [-0.3, -0.25) is 9.89 Å². The molecule has 0 saturated carbocycles. The lowest BCUT2D eigenvalue weighted by molar-refractivity contribution is -0.113. The number of carbonyl (C=O) groups excluding carboxylic acids is 1. The minimum atomic E-state index is -0.0981. The van der Waals surface area contributed by atoms with Crippen LogP contribution >= 0.6 is 11.8 Å². The van der Waals surface area contributed by atoms with Gasteiger partial charge in [-0.25, -0.2) is 9.97 Å². The van der Waals surface area contributed by atoms with Gasteiger partial charge in [0.05, 0.1) is 12.4 Å². The Hall–Kier alpha value is -2.87. The Morgan fingerprint density at radius 3 is 2.67 bits per heavy atom. The van der Waals surface area contributed by atoms with Crippen LogP contribution in [0.4, 0.5) is 5.69 Å². The van der Waals surface area contributed by atoms with Crippen LogP contribution in [0.3, 0.4) is 0 Å². The van der Waals surface area contributed by atoms with Crippen molar-refractivity contribution in [1.29, 1.82) is 0 Å². The van der Waals surface area contributed by atoms with Gasteiger partial charge in [-0.15, -0.1) is 5.10 Å². The van der Waals surface area contributed by atoms with Crippen LogP contribution < -0.4 is 10.1 Å². The molecule has 0 saturated heterocycles. The molecular weight excluding hydrogens is 362 g/mol. The average Bonchev–Trinajstić information content (AvgIpc) is 3.09. The van der Waals surface area contributed by atoms with Crippen LogP contribution in [-0.4, -0.2) is 38.4 Å². The normalized spacial score (nSPS) is 10.6. The van der Waals surface area contributed by atoms with E-state index in [-0.39, 0.29) is 11.7 Å². The molecule has 27 heavy (non-hydrogen) atoms. The van der Waals surface area contributed by atoms with Crippen LogP contribution in [0.1, 0.15) is 18.1 Å². The summed E-state index contributed by atoms with van der Waals surface area (Å²) >= 11 is 1.27. The second-order valence-electron chi connectivity index (χ2n) is 6.00. The van der Waals surface area contributed by atoms with Gasteiger partial charge in [0.15, 0.2) is 5.82 Å². The SMILES string of the molecule is CCOc1ccc(-c2nc(SCC(=O)Nc3cc(C)cc(C)c3)n[nH]2)cn1. The molecule has 140 valence electrons. The highest BCUT2D eigenvalue weighted by molar-refractivity contribution is 7.99. The summed E-state index contributed by atoms with van der Waals surface area (Å²) in [5.41, 5.74) is 3.83. The van der Waals surface area contributed by atoms with Crippen molar-refractivity contribution in [2.75, 3.05) is 17.7 Å². The number of ether oxygens (including phenoxy) is 1. The Kier molecular flexibility index (Phi) is 6.08. The fourth-order valence-corrected chi connectivity index (χ4v) is 3.17. The molecule has 2 aromatic heterocycles. The van der Waals surface area contributed by atoms with Crippen molar-refractivity contribution in [1.82, 2.24) is 20.2 Å². The zero-order chi connectivity index (χ0) is 19.2. The molecule has 3 rings (SSSR count). The first-order valence-electron chi connectivity index (χ1n) is 8.56. The Morgan fingerprint density at radius 1 is 1.22 bits per heavy atom. The summed E-state index contributed by atoms with van der Waals surface area (Å²) < 4.78 is 5.32. The predicted octanol–water partition coefficient (Wildman–Crippen LogP) is 3.61.